The van der Waals surface area contributed by atoms with Gasteiger partial charge in [-0.15, -0.1) is 11.8 Å². The topological polar surface area (TPSA) is 33.5 Å². The van der Waals surface area contributed by atoms with Crippen LogP contribution in [0.1, 0.15) is 18.1 Å². The Labute approximate surface area is 143 Å². The van der Waals surface area contributed by atoms with Crippen molar-refractivity contribution in [2.75, 3.05) is 18.6 Å². The molecule has 2 N–H and O–H groups in total. The van der Waals surface area contributed by atoms with Crippen molar-refractivity contribution in [3.63, 3.8) is 0 Å². The third-order valence-electron chi connectivity index (χ3n) is 4.09. The highest BCUT2D eigenvalue weighted by atomic mass is 32.2. The SMILES string of the molecule is CSc1ccc(C[NH+](C)[C@H](C)C(=O)Nc2ccc(C)cc2)cc1. The van der Waals surface area contributed by atoms with Crippen molar-refractivity contribution >= 4 is 23.4 Å². The highest BCUT2D eigenvalue weighted by Gasteiger charge is 2.22. The van der Waals surface area contributed by atoms with Gasteiger partial charge in [0, 0.05) is 16.1 Å². The molecule has 2 atom stereocenters. The second kappa shape index (κ2) is 8.18. The molecule has 0 radical (unpaired) electrons. The number of anilines is 1. The summed E-state index contributed by atoms with van der Waals surface area (Å²) < 4.78 is 0. The van der Waals surface area contributed by atoms with Gasteiger partial charge < -0.3 is 10.2 Å². The summed E-state index contributed by atoms with van der Waals surface area (Å²) in [5, 5.41) is 2.99. The number of nitrogens with one attached hydrogen (secondary N) is 2. The minimum Gasteiger partial charge on any atom is -0.324 e. The predicted molar refractivity (Wildman–Crippen MR) is 98.1 cm³/mol. The number of carbonyl (C=O) groups is 1. The maximum Gasteiger partial charge on any atom is 0.282 e. The Morgan fingerprint density at radius 2 is 1.74 bits per heavy atom. The van der Waals surface area contributed by atoms with Crippen LogP contribution in [0.5, 0.6) is 0 Å². The molecule has 0 heterocycles. The van der Waals surface area contributed by atoms with Crippen LogP contribution in [0.3, 0.4) is 0 Å². The average Bonchev–Trinajstić information content (AvgIpc) is 2.56. The fourth-order valence-corrected chi connectivity index (χ4v) is 2.74. The lowest BCUT2D eigenvalue weighted by Crippen LogP contribution is -3.12. The lowest BCUT2D eigenvalue weighted by molar-refractivity contribution is -0.907. The van der Waals surface area contributed by atoms with Crippen molar-refractivity contribution in [1.82, 2.24) is 0 Å². The summed E-state index contributed by atoms with van der Waals surface area (Å²) in [6, 6.07) is 16.3. The fraction of sp³-hybridized carbons (Fsp3) is 0.316. The summed E-state index contributed by atoms with van der Waals surface area (Å²) >= 11 is 1.74. The van der Waals surface area contributed by atoms with Gasteiger partial charge in [0.1, 0.15) is 6.54 Å². The molecule has 0 saturated heterocycles. The minimum absolute atomic E-state index is 0.0482. The van der Waals surface area contributed by atoms with Crippen LogP contribution in [0.4, 0.5) is 5.69 Å². The van der Waals surface area contributed by atoms with Crippen molar-refractivity contribution in [3.05, 3.63) is 59.7 Å². The number of amides is 1. The maximum absolute atomic E-state index is 12.4. The van der Waals surface area contributed by atoms with Crippen LogP contribution in [0.2, 0.25) is 0 Å². The van der Waals surface area contributed by atoms with Gasteiger partial charge in [0.15, 0.2) is 6.04 Å². The molecule has 122 valence electrons. The van der Waals surface area contributed by atoms with Gasteiger partial charge in [0.05, 0.1) is 7.05 Å². The number of thioether (sulfide) groups is 1. The van der Waals surface area contributed by atoms with E-state index in [-0.39, 0.29) is 11.9 Å². The van der Waals surface area contributed by atoms with Crippen LogP contribution >= 0.6 is 11.8 Å². The van der Waals surface area contributed by atoms with Crippen LogP contribution < -0.4 is 10.2 Å². The van der Waals surface area contributed by atoms with Crippen LogP contribution in [0.15, 0.2) is 53.4 Å². The third-order valence-corrected chi connectivity index (χ3v) is 4.84. The van der Waals surface area contributed by atoms with E-state index in [2.05, 4.69) is 42.9 Å². The van der Waals surface area contributed by atoms with E-state index in [9.17, 15) is 4.79 Å². The van der Waals surface area contributed by atoms with Crippen LogP contribution in [-0.4, -0.2) is 25.3 Å². The summed E-state index contributed by atoms with van der Waals surface area (Å²) in [5.41, 5.74) is 3.28. The molecule has 2 aromatic carbocycles. The van der Waals surface area contributed by atoms with Gasteiger partial charge in [0.25, 0.3) is 5.91 Å². The smallest absolute Gasteiger partial charge is 0.282 e. The van der Waals surface area contributed by atoms with Crippen LogP contribution in [-0.2, 0) is 11.3 Å². The molecule has 0 aliphatic carbocycles. The van der Waals surface area contributed by atoms with Crippen molar-refractivity contribution in [2.24, 2.45) is 0 Å². The second-order valence-electron chi connectivity index (χ2n) is 5.95. The van der Waals surface area contributed by atoms with Crippen LogP contribution in [0, 0.1) is 6.92 Å². The van der Waals surface area contributed by atoms with E-state index in [1.54, 1.807) is 11.8 Å². The quantitative estimate of drug-likeness (QED) is 0.799. The van der Waals surface area contributed by atoms with Gasteiger partial charge in [-0.2, -0.15) is 0 Å². The molecule has 0 aliphatic rings. The zero-order valence-electron chi connectivity index (χ0n) is 14.2. The Balaban J connectivity index is 1.93. The number of carbonyl (C=O) groups excluding carboxylic acids is 1. The lowest BCUT2D eigenvalue weighted by atomic mass is 10.2. The van der Waals surface area contributed by atoms with Crippen molar-refractivity contribution in [1.29, 1.82) is 0 Å². The first-order chi connectivity index (χ1) is 11.0. The number of quaternary nitrogens is 1. The summed E-state index contributed by atoms with van der Waals surface area (Å²) in [6.07, 6.45) is 2.07. The number of benzene rings is 2. The lowest BCUT2D eigenvalue weighted by Gasteiger charge is -2.21. The Bertz CT molecular complexity index is 637. The normalized spacial score (nSPS) is 13.4. The molecular weight excluding hydrogens is 304 g/mol. The van der Waals surface area contributed by atoms with E-state index in [1.807, 2.05) is 38.1 Å². The molecule has 0 aromatic heterocycles. The summed E-state index contributed by atoms with van der Waals surface area (Å²) in [7, 11) is 2.06. The minimum atomic E-state index is -0.114. The van der Waals surface area contributed by atoms with Gasteiger partial charge in [-0.3, -0.25) is 4.79 Å². The summed E-state index contributed by atoms with van der Waals surface area (Å²) in [6.45, 7) is 4.83. The Hall–Kier alpha value is -1.78. The first-order valence-electron chi connectivity index (χ1n) is 7.82. The summed E-state index contributed by atoms with van der Waals surface area (Å²) in [5.74, 6) is 0.0482. The van der Waals surface area contributed by atoms with Gasteiger partial charge in [-0.25, -0.2) is 0 Å². The molecule has 0 fully saturated rings. The average molecular weight is 329 g/mol. The Kier molecular flexibility index (Phi) is 6.25. The largest absolute Gasteiger partial charge is 0.324 e. The molecule has 4 heteroatoms. The molecule has 2 rings (SSSR count). The molecule has 0 bridgehead atoms. The van der Waals surface area contributed by atoms with Gasteiger partial charge in [-0.05, 0) is 44.4 Å². The Morgan fingerprint density at radius 1 is 1.13 bits per heavy atom. The van der Waals surface area contributed by atoms with Gasteiger partial charge >= 0.3 is 0 Å². The zero-order chi connectivity index (χ0) is 16.8. The maximum atomic E-state index is 12.4. The van der Waals surface area contributed by atoms with E-state index in [0.717, 1.165) is 12.2 Å². The van der Waals surface area contributed by atoms with E-state index in [0.29, 0.717) is 0 Å². The molecule has 1 amide bonds. The number of hydrogen-bond donors (Lipinski definition) is 2. The standard InChI is InChI=1S/C19H24N2OS/c1-14-5-9-17(10-6-14)20-19(22)15(2)21(3)13-16-7-11-18(23-4)12-8-16/h5-12,15H,13H2,1-4H3,(H,20,22)/p+1/t15-/m1/s1. The molecule has 2 aromatic rings. The molecule has 0 spiro atoms. The molecule has 0 saturated carbocycles. The monoisotopic (exact) mass is 329 g/mol. The van der Waals surface area contributed by atoms with Crippen molar-refractivity contribution in [2.45, 2.75) is 31.3 Å². The van der Waals surface area contributed by atoms with Crippen molar-refractivity contribution in [3.8, 4) is 0 Å². The predicted octanol–water partition coefficient (Wildman–Crippen LogP) is 2.76. The molecular formula is C19H25N2OS+. The van der Waals surface area contributed by atoms with Gasteiger partial charge in [-0.1, -0.05) is 29.8 Å². The molecule has 0 aliphatic heterocycles. The fourth-order valence-electron chi connectivity index (χ4n) is 2.33. The second-order valence-corrected chi connectivity index (χ2v) is 6.83. The number of rotatable bonds is 6. The number of aryl methyl sites for hydroxylation is 1. The summed E-state index contributed by atoms with van der Waals surface area (Å²) in [4.78, 5) is 14.8. The molecule has 3 nitrogen and oxygen atoms in total. The zero-order valence-corrected chi connectivity index (χ0v) is 15.0. The van der Waals surface area contributed by atoms with E-state index < -0.39 is 0 Å². The first kappa shape index (κ1) is 17.6. The molecule has 1 unspecified atom stereocenters. The first-order valence-corrected chi connectivity index (χ1v) is 9.05. The highest BCUT2D eigenvalue weighted by molar-refractivity contribution is 7.98. The van der Waals surface area contributed by atoms with E-state index in [1.165, 1.54) is 20.9 Å². The van der Waals surface area contributed by atoms with Crippen LogP contribution in [0.25, 0.3) is 0 Å². The highest BCUT2D eigenvalue weighted by Crippen LogP contribution is 2.14. The molecule has 23 heavy (non-hydrogen) atoms. The number of likely N-dealkylation sites (N-methyl/N-ethyl adjacent to an activating group) is 1. The van der Waals surface area contributed by atoms with E-state index >= 15 is 0 Å². The third kappa shape index (κ3) is 5.12. The van der Waals surface area contributed by atoms with E-state index in [4.69, 9.17) is 0 Å². The van der Waals surface area contributed by atoms with Crippen molar-refractivity contribution < 1.29 is 9.69 Å². The van der Waals surface area contributed by atoms with Gasteiger partial charge in [0.2, 0.25) is 0 Å². The Morgan fingerprint density at radius 3 is 2.30 bits per heavy atom. The number of hydrogen-bond acceptors (Lipinski definition) is 2.